The van der Waals surface area contributed by atoms with Crippen LogP contribution in [0.25, 0.3) is 0 Å². The quantitative estimate of drug-likeness (QED) is 0.613. The smallest absolute Gasteiger partial charge is 0.338 e. The zero-order chi connectivity index (χ0) is 19.8. The predicted molar refractivity (Wildman–Crippen MR) is 106 cm³/mol. The molecular weight excluding hydrogens is 356 g/mol. The summed E-state index contributed by atoms with van der Waals surface area (Å²) in [6.45, 7) is 2.66. The van der Waals surface area contributed by atoms with E-state index in [1.165, 1.54) is 6.20 Å². The van der Waals surface area contributed by atoms with Crippen molar-refractivity contribution in [1.82, 2.24) is 9.97 Å². The summed E-state index contributed by atoms with van der Waals surface area (Å²) in [5.74, 6) is -0.00617. The third-order valence-corrected chi connectivity index (χ3v) is 3.88. The van der Waals surface area contributed by atoms with Crippen molar-refractivity contribution in [3.8, 4) is 0 Å². The molecule has 0 atom stereocenters. The van der Waals surface area contributed by atoms with Gasteiger partial charge in [-0.05, 0) is 55.0 Å². The molecule has 2 heterocycles. The number of aromatic nitrogens is 2. The first-order chi connectivity index (χ1) is 13.7. The van der Waals surface area contributed by atoms with Gasteiger partial charge in [-0.1, -0.05) is 6.07 Å². The van der Waals surface area contributed by atoms with E-state index < -0.39 is 0 Å². The molecule has 0 saturated heterocycles. The van der Waals surface area contributed by atoms with Crippen molar-refractivity contribution in [2.45, 2.75) is 13.5 Å². The average Bonchev–Trinajstić information content (AvgIpc) is 2.74. The number of ether oxygens (including phenoxy) is 1. The molecule has 0 fully saturated rings. The number of carbonyl (C=O) groups excluding carboxylic acids is 2. The average molecular weight is 376 g/mol. The number of nitrogens with one attached hydrogen (secondary N) is 2. The lowest BCUT2D eigenvalue weighted by molar-refractivity contribution is 0.0526. The van der Waals surface area contributed by atoms with E-state index in [-0.39, 0.29) is 11.9 Å². The van der Waals surface area contributed by atoms with E-state index in [0.29, 0.717) is 35.8 Å². The Morgan fingerprint density at radius 3 is 2.43 bits per heavy atom. The number of benzene rings is 1. The van der Waals surface area contributed by atoms with Crippen LogP contribution in [0.5, 0.6) is 0 Å². The van der Waals surface area contributed by atoms with E-state index in [4.69, 9.17) is 4.74 Å². The third-order valence-electron chi connectivity index (χ3n) is 3.88. The maximum absolute atomic E-state index is 12.4. The molecule has 0 spiro atoms. The standard InChI is InChI=1S/C21H20N4O3/c1-2-28-21(27)16-5-8-18(9-6-16)25-20(26)17-7-10-19(24-14-17)23-13-15-4-3-11-22-12-15/h3-12,14H,2,13H2,1H3,(H,23,24)(H,25,26). The van der Waals surface area contributed by atoms with E-state index in [2.05, 4.69) is 20.6 Å². The van der Waals surface area contributed by atoms with E-state index in [0.717, 1.165) is 5.56 Å². The lowest BCUT2D eigenvalue weighted by Gasteiger charge is -2.08. The molecule has 0 unspecified atom stereocenters. The van der Waals surface area contributed by atoms with Crippen LogP contribution in [-0.2, 0) is 11.3 Å². The minimum absolute atomic E-state index is 0.282. The molecule has 0 aliphatic rings. The van der Waals surface area contributed by atoms with Gasteiger partial charge < -0.3 is 15.4 Å². The number of amides is 1. The molecule has 0 radical (unpaired) electrons. The number of rotatable bonds is 7. The first-order valence-electron chi connectivity index (χ1n) is 8.83. The van der Waals surface area contributed by atoms with Crippen LogP contribution in [0.1, 0.15) is 33.2 Å². The van der Waals surface area contributed by atoms with Gasteiger partial charge in [-0.15, -0.1) is 0 Å². The first kappa shape index (κ1) is 19.0. The summed E-state index contributed by atoms with van der Waals surface area (Å²) in [7, 11) is 0. The van der Waals surface area contributed by atoms with Crippen LogP contribution in [0.15, 0.2) is 67.1 Å². The van der Waals surface area contributed by atoms with E-state index in [1.807, 2.05) is 12.1 Å². The normalized spacial score (nSPS) is 10.2. The van der Waals surface area contributed by atoms with Gasteiger partial charge in [-0.25, -0.2) is 9.78 Å². The Hall–Kier alpha value is -3.74. The number of pyridine rings is 2. The van der Waals surface area contributed by atoms with Gasteiger partial charge in [0.2, 0.25) is 0 Å². The van der Waals surface area contributed by atoms with Crippen LogP contribution in [0.2, 0.25) is 0 Å². The number of hydrogen-bond acceptors (Lipinski definition) is 6. The molecule has 0 aliphatic carbocycles. The molecule has 0 aliphatic heterocycles. The highest BCUT2D eigenvalue weighted by Gasteiger charge is 2.09. The Morgan fingerprint density at radius 1 is 1.00 bits per heavy atom. The maximum Gasteiger partial charge on any atom is 0.338 e. The van der Waals surface area contributed by atoms with Crippen LogP contribution in [0, 0.1) is 0 Å². The van der Waals surface area contributed by atoms with Crippen molar-refractivity contribution >= 4 is 23.4 Å². The van der Waals surface area contributed by atoms with Crippen LogP contribution in [-0.4, -0.2) is 28.5 Å². The Morgan fingerprint density at radius 2 is 1.79 bits per heavy atom. The summed E-state index contributed by atoms with van der Waals surface area (Å²) < 4.78 is 4.93. The zero-order valence-electron chi connectivity index (χ0n) is 15.4. The van der Waals surface area contributed by atoms with Crippen molar-refractivity contribution < 1.29 is 14.3 Å². The van der Waals surface area contributed by atoms with E-state index in [1.54, 1.807) is 55.7 Å². The number of nitrogens with zero attached hydrogens (tertiary/aromatic N) is 2. The topological polar surface area (TPSA) is 93.2 Å². The van der Waals surface area contributed by atoms with Gasteiger partial charge in [0, 0.05) is 30.8 Å². The Kier molecular flexibility index (Phi) is 6.30. The lowest BCUT2D eigenvalue weighted by Crippen LogP contribution is -2.13. The van der Waals surface area contributed by atoms with Gasteiger partial charge in [-0.3, -0.25) is 9.78 Å². The van der Waals surface area contributed by atoms with Crippen LogP contribution in [0.3, 0.4) is 0 Å². The molecule has 0 bridgehead atoms. The molecule has 3 aromatic rings. The lowest BCUT2D eigenvalue weighted by atomic mass is 10.2. The second-order valence-electron chi connectivity index (χ2n) is 5.90. The Bertz CT molecular complexity index is 926. The molecule has 142 valence electrons. The van der Waals surface area contributed by atoms with Gasteiger partial charge in [0.1, 0.15) is 5.82 Å². The molecular formula is C21H20N4O3. The number of esters is 1. The zero-order valence-corrected chi connectivity index (χ0v) is 15.4. The van der Waals surface area contributed by atoms with Crippen LogP contribution in [0.4, 0.5) is 11.5 Å². The molecule has 1 aromatic carbocycles. The van der Waals surface area contributed by atoms with Gasteiger partial charge in [0.25, 0.3) is 5.91 Å². The maximum atomic E-state index is 12.4. The Labute approximate surface area is 162 Å². The molecule has 0 saturated carbocycles. The fraction of sp³-hybridized carbons (Fsp3) is 0.143. The van der Waals surface area contributed by atoms with Gasteiger partial charge in [0.05, 0.1) is 17.7 Å². The summed E-state index contributed by atoms with van der Waals surface area (Å²) >= 11 is 0. The highest BCUT2D eigenvalue weighted by molar-refractivity contribution is 6.04. The molecule has 7 nitrogen and oxygen atoms in total. The van der Waals surface area contributed by atoms with Crippen LogP contribution >= 0.6 is 0 Å². The second kappa shape index (κ2) is 9.27. The van der Waals surface area contributed by atoms with Crippen molar-refractivity contribution in [3.63, 3.8) is 0 Å². The molecule has 3 rings (SSSR count). The SMILES string of the molecule is CCOC(=O)c1ccc(NC(=O)c2ccc(NCc3cccnc3)nc2)cc1. The molecule has 2 N–H and O–H groups in total. The molecule has 7 heteroatoms. The Balaban J connectivity index is 1.56. The highest BCUT2D eigenvalue weighted by atomic mass is 16.5. The van der Waals surface area contributed by atoms with E-state index >= 15 is 0 Å². The fourth-order valence-corrected chi connectivity index (χ4v) is 2.44. The minimum atomic E-state index is -0.390. The van der Waals surface area contributed by atoms with Crippen molar-refractivity contribution in [3.05, 3.63) is 83.8 Å². The summed E-state index contributed by atoms with van der Waals surface area (Å²) in [6, 6.07) is 13.8. The molecule has 1 amide bonds. The first-order valence-corrected chi connectivity index (χ1v) is 8.83. The number of carbonyl (C=O) groups is 2. The fourth-order valence-electron chi connectivity index (χ4n) is 2.44. The minimum Gasteiger partial charge on any atom is -0.462 e. The summed E-state index contributed by atoms with van der Waals surface area (Å²) in [5, 5.41) is 5.95. The summed E-state index contributed by atoms with van der Waals surface area (Å²) in [5.41, 5.74) is 2.49. The van der Waals surface area contributed by atoms with Crippen molar-refractivity contribution in [2.24, 2.45) is 0 Å². The number of anilines is 2. The molecule has 2 aromatic heterocycles. The largest absolute Gasteiger partial charge is 0.462 e. The third kappa shape index (κ3) is 5.14. The number of hydrogen-bond donors (Lipinski definition) is 2. The predicted octanol–water partition coefficient (Wildman–Crippen LogP) is 3.52. The van der Waals surface area contributed by atoms with Gasteiger partial charge in [0.15, 0.2) is 0 Å². The van der Waals surface area contributed by atoms with Crippen molar-refractivity contribution in [1.29, 1.82) is 0 Å². The second-order valence-corrected chi connectivity index (χ2v) is 5.90. The van der Waals surface area contributed by atoms with Gasteiger partial charge in [-0.2, -0.15) is 0 Å². The van der Waals surface area contributed by atoms with Crippen LogP contribution < -0.4 is 10.6 Å². The highest BCUT2D eigenvalue weighted by Crippen LogP contribution is 2.13. The summed E-state index contributed by atoms with van der Waals surface area (Å²) in [6.07, 6.45) is 5.01. The van der Waals surface area contributed by atoms with Crippen molar-refractivity contribution in [2.75, 3.05) is 17.2 Å². The monoisotopic (exact) mass is 376 g/mol. The molecule has 28 heavy (non-hydrogen) atoms. The van der Waals surface area contributed by atoms with E-state index in [9.17, 15) is 9.59 Å². The van der Waals surface area contributed by atoms with Gasteiger partial charge >= 0.3 is 5.97 Å². The summed E-state index contributed by atoms with van der Waals surface area (Å²) in [4.78, 5) is 32.3.